The zero-order chi connectivity index (χ0) is 14.8. The molecule has 1 aliphatic carbocycles. The van der Waals surface area contributed by atoms with Crippen LogP contribution in [0.4, 0.5) is 4.79 Å². The maximum atomic E-state index is 12.5. The highest BCUT2D eigenvalue weighted by atomic mass is 16.5. The number of carbonyl (C=O) groups is 2. The summed E-state index contributed by atoms with van der Waals surface area (Å²) in [6.07, 6.45) is 3.75. The largest absolute Gasteiger partial charge is 0.480 e. The molecule has 0 radical (unpaired) electrons. The molecule has 2 fully saturated rings. The monoisotopic (exact) mass is 284 g/mol. The number of ether oxygens (including phenoxy) is 1. The lowest BCUT2D eigenvalue weighted by atomic mass is 9.81. The molecule has 1 saturated carbocycles. The second kappa shape index (κ2) is 5.60. The number of morpholine rings is 1. The lowest BCUT2D eigenvalue weighted by Gasteiger charge is -2.44. The van der Waals surface area contributed by atoms with Crippen molar-refractivity contribution in [2.75, 3.05) is 19.8 Å². The summed E-state index contributed by atoms with van der Waals surface area (Å²) >= 11 is 0. The van der Waals surface area contributed by atoms with E-state index in [0.717, 1.165) is 19.3 Å². The zero-order valence-electron chi connectivity index (χ0n) is 12.3. The van der Waals surface area contributed by atoms with E-state index in [0.29, 0.717) is 32.6 Å². The van der Waals surface area contributed by atoms with Crippen LogP contribution in [0.25, 0.3) is 0 Å². The normalized spacial score (nSPS) is 25.0. The second-order valence-corrected chi connectivity index (χ2v) is 6.39. The van der Waals surface area contributed by atoms with Crippen molar-refractivity contribution in [1.29, 1.82) is 0 Å². The Morgan fingerprint density at radius 1 is 1.20 bits per heavy atom. The fourth-order valence-corrected chi connectivity index (χ4v) is 3.05. The third kappa shape index (κ3) is 2.90. The van der Waals surface area contributed by atoms with Crippen LogP contribution in [0.15, 0.2) is 0 Å². The maximum absolute atomic E-state index is 12.5. The Kier molecular flexibility index (Phi) is 4.22. The van der Waals surface area contributed by atoms with Gasteiger partial charge in [-0.1, -0.05) is 19.3 Å². The van der Waals surface area contributed by atoms with Gasteiger partial charge in [0.2, 0.25) is 0 Å². The van der Waals surface area contributed by atoms with Crippen molar-refractivity contribution < 1.29 is 19.4 Å². The van der Waals surface area contributed by atoms with E-state index in [4.69, 9.17) is 4.74 Å². The maximum Gasteiger partial charge on any atom is 0.329 e. The number of urea groups is 1. The summed E-state index contributed by atoms with van der Waals surface area (Å²) in [6, 6.07) is -0.289. The Hall–Kier alpha value is -1.30. The van der Waals surface area contributed by atoms with Crippen LogP contribution < -0.4 is 5.32 Å². The van der Waals surface area contributed by atoms with Crippen molar-refractivity contribution in [2.45, 2.75) is 57.0 Å². The molecule has 0 unspecified atom stereocenters. The van der Waals surface area contributed by atoms with Crippen molar-refractivity contribution in [3.63, 3.8) is 0 Å². The lowest BCUT2D eigenvalue weighted by molar-refractivity contribution is -0.146. The summed E-state index contributed by atoms with van der Waals surface area (Å²) in [4.78, 5) is 25.8. The molecule has 6 heteroatoms. The van der Waals surface area contributed by atoms with Crippen LogP contribution in [0.3, 0.4) is 0 Å². The quantitative estimate of drug-likeness (QED) is 0.807. The average Bonchev–Trinajstić information content (AvgIpc) is 2.38. The van der Waals surface area contributed by atoms with Gasteiger partial charge in [0.05, 0.1) is 18.8 Å². The number of carboxylic acid groups (broad SMARTS) is 1. The van der Waals surface area contributed by atoms with E-state index in [1.807, 2.05) is 13.8 Å². The van der Waals surface area contributed by atoms with Crippen molar-refractivity contribution in [3.8, 4) is 0 Å². The number of hydrogen-bond acceptors (Lipinski definition) is 3. The minimum absolute atomic E-state index is 0.289. The number of aliphatic carboxylic acids is 1. The average molecular weight is 284 g/mol. The number of amides is 2. The highest BCUT2D eigenvalue weighted by molar-refractivity contribution is 5.86. The number of nitrogens with one attached hydrogen (secondary N) is 1. The third-order valence-electron chi connectivity index (χ3n) is 4.35. The molecule has 0 aromatic heterocycles. The molecule has 6 nitrogen and oxygen atoms in total. The molecule has 1 aliphatic heterocycles. The van der Waals surface area contributed by atoms with Gasteiger partial charge in [0.15, 0.2) is 0 Å². The van der Waals surface area contributed by atoms with E-state index < -0.39 is 17.0 Å². The fourth-order valence-electron chi connectivity index (χ4n) is 3.05. The first-order valence-corrected chi connectivity index (χ1v) is 7.28. The van der Waals surface area contributed by atoms with E-state index in [-0.39, 0.29) is 6.03 Å². The van der Waals surface area contributed by atoms with E-state index in [9.17, 15) is 14.7 Å². The predicted molar refractivity (Wildman–Crippen MR) is 73.6 cm³/mol. The topological polar surface area (TPSA) is 78.9 Å². The number of carboxylic acids is 1. The van der Waals surface area contributed by atoms with Gasteiger partial charge in [-0.05, 0) is 26.7 Å². The van der Waals surface area contributed by atoms with E-state index in [1.165, 1.54) is 0 Å². The standard InChI is InChI=1S/C14H24N2O4/c1-13(2)10-20-9-8-16(13)12(19)15-14(11(17)18)6-4-3-5-7-14/h3-10H2,1-2H3,(H,15,19)(H,17,18). The first-order valence-electron chi connectivity index (χ1n) is 7.28. The molecular formula is C14H24N2O4. The summed E-state index contributed by atoms with van der Waals surface area (Å²) in [5.41, 5.74) is -1.50. The lowest BCUT2D eigenvalue weighted by Crippen LogP contribution is -2.64. The summed E-state index contributed by atoms with van der Waals surface area (Å²) in [7, 11) is 0. The van der Waals surface area contributed by atoms with Crippen LogP contribution in [0.5, 0.6) is 0 Å². The summed E-state index contributed by atoms with van der Waals surface area (Å²) in [5, 5.41) is 12.3. The van der Waals surface area contributed by atoms with E-state index in [1.54, 1.807) is 4.90 Å². The van der Waals surface area contributed by atoms with Gasteiger partial charge >= 0.3 is 12.0 Å². The Morgan fingerprint density at radius 3 is 2.40 bits per heavy atom. The number of nitrogens with zero attached hydrogens (tertiary/aromatic N) is 1. The zero-order valence-corrected chi connectivity index (χ0v) is 12.3. The van der Waals surface area contributed by atoms with Crippen molar-refractivity contribution >= 4 is 12.0 Å². The van der Waals surface area contributed by atoms with Gasteiger partial charge in [-0.3, -0.25) is 0 Å². The Labute approximate surface area is 119 Å². The molecule has 0 bridgehead atoms. The number of carbonyl (C=O) groups excluding carboxylic acids is 1. The molecule has 0 atom stereocenters. The molecule has 0 spiro atoms. The minimum Gasteiger partial charge on any atom is -0.480 e. The van der Waals surface area contributed by atoms with Crippen LogP contribution >= 0.6 is 0 Å². The molecule has 0 aromatic carbocycles. The highest BCUT2D eigenvalue weighted by Gasteiger charge is 2.44. The van der Waals surface area contributed by atoms with Crippen LogP contribution in [0, 0.1) is 0 Å². The number of hydrogen-bond donors (Lipinski definition) is 2. The van der Waals surface area contributed by atoms with Crippen LogP contribution in [-0.4, -0.2) is 52.8 Å². The molecular weight excluding hydrogens is 260 g/mol. The molecule has 0 aromatic rings. The van der Waals surface area contributed by atoms with Crippen molar-refractivity contribution in [3.05, 3.63) is 0 Å². The fraction of sp³-hybridized carbons (Fsp3) is 0.857. The smallest absolute Gasteiger partial charge is 0.329 e. The SMILES string of the molecule is CC1(C)COCCN1C(=O)NC1(C(=O)O)CCCCC1. The molecule has 114 valence electrons. The van der Waals surface area contributed by atoms with Gasteiger partial charge < -0.3 is 20.1 Å². The molecule has 1 heterocycles. The molecule has 20 heavy (non-hydrogen) atoms. The predicted octanol–water partition coefficient (Wildman–Crippen LogP) is 1.59. The summed E-state index contributed by atoms with van der Waals surface area (Å²) < 4.78 is 5.39. The third-order valence-corrected chi connectivity index (χ3v) is 4.35. The first kappa shape index (κ1) is 15.1. The Balaban J connectivity index is 2.10. The van der Waals surface area contributed by atoms with Crippen LogP contribution in [0.1, 0.15) is 46.0 Å². The first-order chi connectivity index (χ1) is 9.37. The van der Waals surface area contributed by atoms with Crippen molar-refractivity contribution in [2.24, 2.45) is 0 Å². The van der Waals surface area contributed by atoms with Gasteiger partial charge in [0.1, 0.15) is 5.54 Å². The second-order valence-electron chi connectivity index (χ2n) is 6.39. The van der Waals surface area contributed by atoms with E-state index in [2.05, 4.69) is 5.32 Å². The molecule has 2 N–H and O–H groups in total. The van der Waals surface area contributed by atoms with Gasteiger partial charge in [-0.2, -0.15) is 0 Å². The molecule has 1 saturated heterocycles. The van der Waals surface area contributed by atoms with Crippen LogP contribution in [-0.2, 0) is 9.53 Å². The van der Waals surface area contributed by atoms with Gasteiger partial charge in [-0.15, -0.1) is 0 Å². The molecule has 2 aliphatic rings. The van der Waals surface area contributed by atoms with Gasteiger partial charge in [0.25, 0.3) is 0 Å². The summed E-state index contributed by atoms with van der Waals surface area (Å²) in [5.74, 6) is -0.920. The van der Waals surface area contributed by atoms with Crippen molar-refractivity contribution in [1.82, 2.24) is 10.2 Å². The Bertz CT molecular complexity index is 389. The number of rotatable bonds is 2. The highest BCUT2D eigenvalue weighted by Crippen LogP contribution is 2.29. The molecule has 2 amide bonds. The van der Waals surface area contributed by atoms with E-state index >= 15 is 0 Å². The minimum atomic E-state index is -1.09. The van der Waals surface area contributed by atoms with Gasteiger partial charge in [0, 0.05) is 6.54 Å². The van der Waals surface area contributed by atoms with Gasteiger partial charge in [-0.25, -0.2) is 9.59 Å². The summed E-state index contributed by atoms with van der Waals surface area (Å²) in [6.45, 7) is 5.33. The van der Waals surface area contributed by atoms with Crippen LogP contribution in [0.2, 0.25) is 0 Å². The Morgan fingerprint density at radius 2 is 1.85 bits per heavy atom. The molecule has 2 rings (SSSR count).